The molecule has 0 saturated carbocycles. The van der Waals surface area contributed by atoms with E-state index in [2.05, 4.69) is 19.1 Å². The molecular weight excluding hydrogens is 376 g/mol. The topological polar surface area (TPSA) is 44.8 Å². The standard InChI is InChI=1S/C26H36O4/c1-2-3-4-5-6-7-8-9-23-10-14-25(15-11-23)29-20-18-28-19-21-30-26-16-12-24(22-27)13-17-26/h10-17,22H,2-9,18-21H2,1H3. The zero-order valence-electron chi connectivity index (χ0n) is 18.3. The van der Waals surface area contributed by atoms with Crippen LogP contribution in [0, 0.1) is 0 Å². The Hall–Kier alpha value is -2.33. The molecule has 0 aliphatic carbocycles. The van der Waals surface area contributed by atoms with Gasteiger partial charge in [-0.05, 0) is 54.8 Å². The van der Waals surface area contributed by atoms with Gasteiger partial charge >= 0.3 is 0 Å². The second kappa shape index (κ2) is 15.5. The van der Waals surface area contributed by atoms with Crippen LogP contribution in [0.1, 0.15) is 67.8 Å². The summed E-state index contributed by atoms with van der Waals surface area (Å²) in [5.41, 5.74) is 2.02. The van der Waals surface area contributed by atoms with Gasteiger partial charge in [0.15, 0.2) is 0 Å². The summed E-state index contributed by atoms with van der Waals surface area (Å²) in [6.07, 6.45) is 11.4. The molecule has 0 unspecified atom stereocenters. The van der Waals surface area contributed by atoms with Crippen molar-refractivity contribution in [1.29, 1.82) is 0 Å². The maximum Gasteiger partial charge on any atom is 0.150 e. The summed E-state index contributed by atoms with van der Waals surface area (Å²) in [4.78, 5) is 10.6. The molecule has 0 fully saturated rings. The predicted molar refractivity (Wildman–Crippen MR) is 122 cm³/mol. The van der Waals surface area contributed by atoms with Gasteiger partial charge in [0.25, 0.3) is 0 Å². The van der Waals surface area contributed by atoms with Gasteiger partial charge in [-0.25, -0.2) is 0 Å². The van der Waals surface area contributed by atoms with Crippen LogP contribution >= 0.6 is 0 Å². The molecule has 0 spiro atoms. The fraction of sp³-hybridized carbons (Fsp3) is 0.500. The number of hydrogen-bond acceptors (Lipinski definition) is 4. The highest BCUT2D eigenvalue weighted by atomic mass is 16.5. The Bertz CT molecular complexity index is 679. The van der Waals surface area contributed by atoms with Gasteiger partial charge in [-0.15, -0.1) is 0 Å². The Labute approximate surface area is 181 Å². The maximum absolute atomic E-state index is 10.6. The van der Waals surface area contributed by atoms with Crippen molar-refractivity contribution in [2.45, 2.75) is 58.3 Å². The molecule has 2 rings (SSSR count). The molecular formula is C26H36O4. The summed E-state index contributed by atoms with van der Waals surface area (Å²) in [5, 5.41) is 0. The number of benzene rings is 2. The van der Waals surface area contributed by atoms with Gasteiger partial charge in [0.1, 0.15) is 31.0 Å². The van der Waals surface area contributed by atoms with Crippen LogP contribution in [0.15, 0.2) is 48.5 Å². The van der Waals surface area contributed by atoms with Crippen molar-refractivity contribution in [1.82, 2.24) is 0 Å². The Morgan fingerprint density at radius 1 is 0.667 bits per heavy atom. The molecule has 164 valence electrons. The van der Waals surface area contributed by atoms with Crippen molar-refractivity contribution < 1.29 is 19.0 Å². The Kier molecular flexibility index (Phi) is 12.4. The number of aryl methyl sites for hydroxylation is 1. The van der Waals surface area contributed by atoms with E-state index in [4.69, 9.17) is 14.2 Å². The summed E-state index contributed by atoms with van der Waals surface area (Å²) in [6, 6.07) is 15.4. The molecule has 2 aromatic carbocycles. The number of unbranched alkanes of at least 4 members (excludes halogenated alkanes) is 6. The van der Waals surface area contributed by atoms with Crippen LogP contribution in [-0.2, 0) is 11.2 Å². The summed E-state index contributed by atoms with van der Waals surface area (Å²) < 4.78 is 16.8. The van der Waals surface area contributed by atoms with Crippen LogP contribution < -0.4 is 9.47 Å². The number of aldehydes is 1. The van der Waals surface area contributed by atoms with Gasteiger partial charge in [0.2, 0.25) is 0 Å². The van der Waals surface area contributed by atoms with Gasteiger partial charge in [-0.3, -0.25) is 4.79 Å². The molecule has 0 atom stereocenters. The maximum atomic E-state index is 10.6. The van der Waals surface area contributed by atoms with Crippen molar-refractivity contribution in [2.24, 2.45) is 0 Å². The van der Waals surface area contributed by atoms with E-state index in [0.717, 1.165) is 24.2 Å². The zero-order chi connectivity index (χ0) is 21.3. The molecule has 0 radical (unpaired) electrons. The third kappa shape index (κ3) is 10.4. The first kappa shape index (κ1) is 23.9. The van der Waals surface area contributed by atoms with E-state index in [1.54, 1.807) is 24.3 Å². The van der Waals surface area contributed by atoms with Gasteiger partial charge in [-0.1, -0.05) is 57.6 Å². The minimum absolute atomic E-state index is 0.466. The smallest absolute Gasteiger partial charge is 0.150 e. The predicted octanol–water partition coefficient (Wildman–Crippen LogP) is 6.27. The van der Waals surface area contributed by atoms with E-state index in [-0.39, 0.29) is 0 Å². The Morgan fingerprint density at radius 3 is 1.77 bits per heavy atom. The lowest BCUT2D eigenvalue weighted by Crippen LogP contribution is -2.12. The molecule has 0 aliphatic heterocycles. The van der Waals surface area contributed by atoms with Crippen molar-refractivity contribution in [3.05, 3.63) is 59.7 Å². The highest BCUT2D eigenvalue weighted by molar-refractivity contribution is 5.74. The molecule has 4 heteroatoms. The second-order valence-corrected chi connectivity index (χ2v) is 7.51. The van der Waals surface area contributed by atoms with E-state index < -0.39 is 0 Å². The van der Waals surface area contributed by atoms with Crippen molar-refractivity contribution in [3.8, 4) is 11.5 Å². The number of ether oxygens (including phenoxy) is 3. The average Bonchev–Trinajstić information content (AvgIpc) is 2.79. The van der Waals surface area contributed by atoms with Gasteiger partial charge in [-0.2, -0.15) is 0 Å². The molecule has 0 aliphatic rings. The molecule has 0 aromatic heterocycles. The summed E-state index contributed by atoms with van der Waals surface area (Å²) in [6.45, 7) is 4.26. The molecule has 2 aromatic rings. The Balaban J connectivity index is 1.47. The molecule has 0 saturated heterocycles. The van der Waals surface area contributed by atoms with Crippen LogP contribution in [0.5, 0.6) is 11.5 Å². The summed E-state index contributed by atoms with van der Waals surface area (Å²) in [7, 11) is 0. The van der Waals surface area contributed by atoms with Gasteiger partial charge in [0.05, 0.1) is 13.2 Å². The van der Waals surface area contributed by atoms with Gasteiger partial charge < -0.3 is 14.2 Å². The van der Waals surface area contributed by atoms with Crippen LogP contribution in [0.2, 0.25) is 0 Å². The summed E-state index contributed by atoms with van der Waals surface area (Å²) in [5.74, 6) is 1.62. The lowest BCUT2D eigenvalue weighted by atomic mass is 10.0. The number of carbonyl (C=O) groups excluding carboxylic acids is 1. The van der Waals surface area contributed by atoms with E-state index in [1.807, 2.05) is 12.1 Å². The summed E-state index contributed by atoms with van der Waals surface area (Å²) >= 11 is 0. The molecule has 4 nitrogen and oxygen atoms in total. The van der Waals surface area contributed by atoms with Crippen LogP contribution in [0.3, 0.4) is 0 Å². The monoisotopic (exact) mass is 412 g/mol. The molecule has 0 N–H and O–H groups in total. The quantitative estimate of drug-likeness (QED) is 0.227. The molecule has 0 bridgehead atoms. The highest BCUT2D eigenvalue weighted by Crippen LogP contribution is 2.15. The number of hydrogen-bond donors (Lipinski definition) is 0. The fourth-order valence-electron chi connectivity index (χ4n) is 3.22. The fourth-order valence-corrected chi connectivity index (χ4v) is 3.22. The molecule has 30 heavy (non-hydrogen) atoms. The second-order valence-electron chi connectivity index (χ2n) is 7.51. The average molecular weight is 413 g/mol. The first-order valence-electron chi connectivity index (χ1n) is 11.3. The van der Waals surface area contributed by atoms with Gasteiger partial charge in [0, 0.05) is 5.56 Å². The highest BCUT2D eigenvalue weighted by Gasteiger charge is 1.99. The van der Waals surface area contributed by atoms with Crippen molar-refractivity contribution in [2.75, 3.05) is 26.4 Å². The van der Waals surface area contributed by atoms with Crippen LogP contribution in [0.25, 0.3) is 0 Å². The first-order valence-corrected chi connectivity index (χ1v) is 11.3. The SMILES string of the molecule is CCCCCCCCCc1ccc(OCCOCCOc2ccc(C=O)cc2)cc1. The van der Waals surface area contributed by atoms with Crippen molar-refractivity contribution in [3.63, 3.8) is 0 Å². The van der Waals surface area contributed by atoms with E-state index in [0.29, 0.717) is 32.0 Å². The number of carbonyl (C=O) groups is 1. The lowest BCUT2D eigenvalue weighted by molar-refractivity contribution is 0.0764. The van der Waals surface area contributed by atoms with Crippen molar-refractivity contribution >= 4 is 6.29 Å². The third-order valence-electron chi connectivity index (χ3n) is 5.00. The minimum Gasteiger partial charge on any atom is -0.491 e. The van der Waals surface area contributed by atoms with E-state index >= 15 is 0 Å². The van der Waals surface area contributed by atoms with Crippen LogP contribution in [-0.4, -0.2) is 32.7 Å². The molecule has 0 amide bonds. The first-order chi connectivity index (χ1) is 14.8. The van der Waals surface area contributed by atoms with E-state index in [1.165, 1.54) is 50.5 Å². The molecule has 0 heterocycles. The number of rotatable bonds is 17. The van der Waals surface area contributed by atoms with E-state index in [9.17, 15) is 4.79 Å². The zero-order valence-corrected chi connectivity index (χ0v) is 18.3. The normalized spacial score (nSPS) is 10.7. The largest absolute Gasteiger partial charge is 0.491 e. The lowest BCUT2D eigenvalue weighted by Gasteiger charge is -2.09. The van der Waals surface area contributed by atoms with Crippen LogP contribution in [0.4, 0.5) is 0 Å². The third-order valence-corrected chi connectivity index (χ3v) is 5.00. The Morgan fingerprint density at radius 2 is 1.20 bits per heavy atom. The minimum atomic E-state index is 0.466.